The van der Waals surface area contributed by atoms with Crippen molar-refractivity contribution in [1.82, 2.24) is 9.55 Å². The highest BCUT2D eigenvalue weighted by Gasteiger charge is 2.41. The van der Waals surface area contributed by atoms with Gasteiger partial charge in [0.2, 0.25) is 0 Å². The third kappa shape index (κ3) is 9.09. The summed E-state index contributed by atoms with van der Waals surface area (Å²) in [5.41, 5.74) is 11.5. The first kappa shape index (κ1) is 29.1. The Balaban J connectivity index is 2.32. The molecule has 23 heteroatoms. The van der Waals surface area contributed by atoms with Crippen molar-refractivity contribution in [1.29, 1.82) is 0 Å². The predicted molar refractivity (Wildman–Crippen MR) is 101 cm³/mol. The highest BCUT2D eigenvalue weighted by Crippen LogP contribution is 2.61. The molecule has 3 N–H and O–H groups in total. The average Bonchev–Trinajstić information content (AvgIpc) is 3.06. The van der Waals surface area contributed by atoms with E-state index in [1.54, 1.807) is 0 Å². The van der Waals surface area contributed by atoms with Crippen LogP contribution in [0.4, 0.5) is 0 Å². The number of azide groups is 1. The van der Waals surface area contributed by atoms with Crippen LogP contribution in [0.25, 0.3) is 10.4 Å². The summed E-state index contributed by atoms with van der Waals surface area (Å²) in [6.45, 7) is -0.822. The van der Waals surface area contributed by atoms with Crippen molar-refractivity contribution in [2.75, 3.05) is 13.3 Å². The summed E-state index contributed by atoms with van der Waals surface area (Å²) in [7, 11) is -18.5. The van der Waals surface area contributed by atoms with Crippen molar-refractivity contribution < 1.29 is 55.9 Å². The van der Waals surface area contributed by atoms with E-state index in [1.807, 2.05) is 4.98 Å². The fourth-order valence-electron chi connectivity index (χ4n) is 2.52. The number of hydrogen-bond acceptors (Lipinski definition) is 16. The van der Waals surface area contributed by atoms with Crippen molar-refractivity contribution in [3.8, 4) is 11.8 Å². The molecule has 1 fully saturated rings. The molecule has 1 aliphatic rings. The van der Waals surface area contributed by atoms with E-state index < -0.39 is 66.5 Å². The molecule has 0 aromatic carbocycles. The predicted octanol–water partition coefficient (Wildman–Crippen LogP) is -3.44. The van der Waals surface area contributed by atoms with Crippen molar-refractivity contribution in [3.63, 3.8) is 0 Å². The standard InChI is InChI=1S/C12H17N6O14P3/c13-3-1-2-7-5-18(12(20)16-10(7)19)9-4-8(28-6-15-17-14)11(29-9)30-34(24,25)32-35(26,27)31-33(21,22)23/h5,8-9,11H,3-4,6,13H2,(H,24,25)(H,26,27)(H,16,19,20)(H2,21,22,23)/p-4/t8-,9-,11-/m0/s1. The Hall–Kier alpha value is -2.16. The van der Waals surface area contributed by atoms with Gasteiger partial charge in [0, 0.05) is 17.5 Å². The Morgan fingerprint density at radius 1 is 1.26 bits per heavy atom. The monoisotopic (exact) mass is 558 g/mol. The zero-order valence-electron chi connectivity index (χ0n) is 16.9. The van der Waals surface area contributed by atoms with Crippen molar-refractivity contribution >= 4 is 23.5 Å². The summed E-state index contributed by atoms with van der Waals surface area (Å²) >= 11 is 0. The molecule has 2 unspecified atom stereocenters. The molecule has 0 radical (unpaired) electrons. The lowest BCUT2D eigenvalue weighted by Gasteiger charge is -2.38. The summed E-state index contributed by atoms with van der Waals surface area (Å²) in [6.07, 6.45) is -4.40. The van der Waals surface area contributed by atoms with Gasteiger partial charge in [-0.05, 0) is 5.53 Å². The van der Waals surface area contributed by atoms with Crippen LogP contribution < -0.4 is 36.6 Å². The molecule has 20 nitrogen and oxygen atoms in total. The highest BCUT2D eigenvalue weighted by molar-refractivity contribution is 7.64. The number of aromatic amines is 1. The second-order valence-corrected chi connectivity index (χ2v) is 10.3. The second-order valence-electron chi connectivity index (χ2n) is 6.09. The number of rotatable bonds is 10. The highest BCUT2D eigenvalue weighted by atomic mass is 31.3. The van der Waals surface area contributed by atoms with Gasteiger partial charge in [-0.1, -0.05) is 17.0 Å². The fourth-order valence-corrected chi connectivity index (χ4v) is 5.46. The molecule has 194 valence electrons. The van der Waals surface area contributed by atoms with Gasteiger partial charge < -0.3 is 39.3 Å². The number of hydrogen-bond donors (Lipinski definition) is 2. The van der Waals surface area contributed by atoms with Crippen molar-refractivity contribution in [3.05, 3.63) is 43.0 Å². The van der Waals surface area contributed by atoms with Crippen molar-refractivity contribution in [2.45, 2.75) is 25.0 Å². The number of aromatic nitrogens is 2. The summed E-state index contributed by atoms with van der Waals surface area (Å²) in [5.74, 6) is 4.77. The molecule has 0 aliphatic carbocycles. The quantitative estimate of drug-likeness (QED) is 0.0927. The van der Waals surface area contributed by atoms with Gasteiger partial charge in [-0.2, -0.15) is 0 Å². The lowest BCUT2D eigenvalue weighted by atomic mass is 10.2. The molecule has 2 rings (SSSR count). The van der Waals surface area contributed by atoms with E-state index >= 15 is 0 Å². The first-order valence-electron chi connectivity index (χ1n) is 8.74. The van der Waals surface area contributed by atoms with Gasteiger partial charge in [-0.3, -0.25) is 32.3 Å². The molecule has 1 aromatic rings. The third-order valence-corrected chi connectivity index (χ3v) is 7.34. The van der Waals surface area contributed by atoms with E-state index in [2.05, 4.69) is 35.0 Å². The number of nitrogens with one attached hydrogen (secondary N) is 1. The normalized spacial score (nSPS) is 23.4. The molecule has 0 spiro atoms. The van der Waals surface area contributed by atoms with E-state index in [0.717, 1.165) is 10.8 Å². The summed E-state index contributed by atoms with van der Waals surface area (Å²) in [6, 6.07) is 0. The van der Waals surface area contributed by atoms with Gasteiger partial charge in [0.15, 0.2) is 6.29 Å². The maximum atomic E-state index is 12.2. The average molecular weight is 558 g/mol. The van der Waals surface area contributed by atoms with Crippen LogP contribution in [0.15, 0.2) is 20.9 Å². The zero-order chi connectivity index (χ0) is 26.4. The Morgan fingerprint density at radius 2 is 1.94 bits per heavy atom. The number of H-pyrrole nitrogens is 1. The lowest BCUT2D eigenvalue weighted by Crippen LogP contribution is -2.33. The minimum absolute atomic E-state index is 0.121. The van der Waals surface area contributed by atoms with Crippen LogP contribution in [0.3, 0.4) is 0 Å². The van der Waals surface area contributed by atoms with Crippen LogP contribution >= 0.6 is 23.5 Å². The smallest absolute Gasteiger partial charge is 0.330 e. The maximum Gasteiger partial charge on any atom is 0.330 e. The van der Waals surface area contributed by atoms with Crippen LogP contribution in [0, 0.1) is 11.8 Å². The molecule has 0 bridgehead atoms. The third-order valence-electron chi connectivity index (χ3n) is 3.67. The maximum absolute atomic E-state index is 12.2. The number of ether oxygens (including phenoxy) is 2. The molecule has 1 aliphatic heterocycles. The molecule has 0 saturated carbocycles. The van der Waals surface area contributed by atoms with Crippen LogP contribution in [0.2, 0.25) is 0 Å². The summed E-state index contributed by atoms with van der Waals surface area (Å²) in [5, 5.41) is 3.05. The lowest BCUT2D eigenvalue weighted by molar-refractivity contribution is -0.339. The SMILES string of the molecule is [N-]=[N+]=NCO[C@H]1C[C@@H](n2cc(C#CCN)c(=O)[nH]c2=O)O[C@H]1OP(=O)([O-])OP(=O)([O-])OP(=O)([O-])[O-]. The summed E-state index contributed by atoms with van der Waals surface area (Å²) < 4.78 is 55.8. The van der Waals surface area contributed by atoms with Crippen LogP contribution in [-0.4, -0.2) is 35.2 Å². The first-order chi connectivity index (χ1) is 16.2. The molecular weight excluding hydrogens is 545 g/mol. The van der Waals surface area contributed by atoms with Gasteiger partial charge in [0.05, 0.1) is 14.4 Å². The molecular formula is C12H13N6O14P3-4. The molecule has 5 atom stereocenters. The minimum Gasteiger partial charge on any atom is -0.790 e. The Labute approximate surface area is 193 Å². The van der Waals surface area contributed by atoms with Crippen LogP contribution in [0.5, 0.6) is 0 Å². The Bertz CT molecular complexity index is 1300. The molecule has 0 amide bonds. The van der Waals surface area contributed by atoms with E-state index in [4.69, 9.17) is 20.7 Å². The first-order valence-corrected chi connectivity index (χ1v) is 13.1. The summed E-state index contributed by atoms with van der Waals surface area (Å²) in [4.78, 5) is 72.6. The van der Waals surface area contributed by atoms with E-state index in [9.17, 15) is 42.9 Å². The fraction of sp³-hybridized carbons (Fsp3) is 0.500. The second kappa shape index (κ2) is 11.7. The van der Waals surface area contributed by atoms with E-state index in [-0.39, 0.29) is 12.1 Å². The van der Waals surface area contributed by atoms with Gasteiger partial charge >= 0.3 is 5.69 Å². The van der Waals surface area contributed by atoms with Crippen LogP contribution in [-0.2, 0) is 36.3 Å². The van der Waals surface area contributed by atoms with E-state index in [0.29, 0.717) is 0 Å². The van der Waals surface area contributed by atoms with Gasteiger partial charge in [0.25, 0.3) is 21.2 Å². The largest absolute Gasteiger partial charge is 0.790 e. The molecule has 1 saturated heterocycles. The Morgan fingerprint density at radius 3 is 2.54 bits per heavy atom. The number of phosphoric acid groups is 3. The topological polar surface area (TPSA) is 319 Å². The number of nitrogens with zero attached hydrogens (tertiary/aromatic N) is 4. The molecule has 2 heterocycles. The number of nitrogens with two attached hydrogens (primary N) is 1. The van der Waals surface area contributed by atoms with Gasteiger partial charge in [0.1, 0.15) is 24.6 Å². The van der Waals surface area contributed by atoms with Crippen molar-refractivity contribution in [2.24, 2.45) is 10.8 Å². The van der Waals surface area contributed by atoms with E-state index in [1.165, 1.54) is 0 Å². The van der Waals surface area contributed by atoms with Crippen LogP contribution in [0.1, 0.15) is 18.2 Å². The van der Waals surface area contributed by atoms with Gasteiger partial charge in [-0.25, -0.2) is 9.11 Å². The number of phosphoric ester groups is 1. The molecule has 1 aromatic heterocycles. The Kier molecular flexibility index (Phi) is 9.73. The van der Waals surface area contributed by atoms with Gasteiger partial charge in [-0.15, -0.1) is 0 Å². The zero-order valence-corrected chi connectivity index (χ0v) is 19.5. The molecule has 35 heavy (non-hydrogen) atoms. The minimum atomic E-state index is -6.26.